The summed E-state index contributed by atoms with van der Waals surface area (Å²) in [7, 11) is 0. The van der Waals surface area contributed by atoms with Crippen LogP contribution in [0.25, 0.3) is 10.8 Å². The first-order valence-electron chi connectivity index (χ1n) is 15.3. The fraction of sp³-hybridized carbons (Fsp3) is 0.471. The number of hydrogen-bond donors (Lipinski definition) is 2. The molecular formula is C34H46N4O4. The minimum Gasteiger partial charge on any atom is -0.450 e. The van der Waals surface area contributed by atoms with Gasteiger partial charge in [-0.2, -0.15) is 0 Å². The second kappa shape index (κ2) is 16.7. The quantitative estimate of drug-likeness (QED) is 0.234. The molecule has 1 fully saturated rings. The maximum Gasteiger partial charge on any atom is 0.407 e. The number of hydrogen-bond acceptors (Lipinski definition) is 5. The van der Waals surface area contributed by atoms with E-state index in [1.54, 1.807) is 0 Å². The van der Waals surface area contributed by atoms with Crippen molar-refractivity contribution < 1.29 is 19.1 Å². The van der Waals surface area contributed by atoms with E-state index < -0.39 is 0 Å². The van der Waals surface area contributed by atoms with Crippen LogP contribution in [0.15, 0.2) is 66.7 Å². The Balaban J connectivity index is 1.35. The van der Waals surface area contributed by atoms with Crippen LogP contribution in [0.2, 0.25) is 0 Å². The fourth-order valence-electron chi connectivity index (χ4n) is 5.25. The molecule has 0 aliphatic carbocycles. The number of morpholine rings is 1. The summed E-state index contributed by atoms with van der Waals surface area (Å²) in [6.07, 6.45) is 3.12. The first-order valence-corrected chi connectivity index (χ1v) is 15.3. The fourth-order valence-corrected chi connectivity index (χ4v) is 5.25. The number of unbranched alkanes of at least 4 members (excludes halogenated alkanes) is 1. The van der Waals surface area contributed by atoms with E-state index in [4.69, 9.17) is 9.47 Å². The monoisotopic (exact) mass is 574 g/mol. The molecule has 1 heterocycles. The summed E-state index contributed by atoms with van der Waals surface area (Å²) in [5, 5.41) is 8.40. The highest BCUT2D eigenvalue weighted by Gasteiger charge is 2.19. The van der Waals surface area contributed by atoms with Crippen LogP contribution in [-0.2, 0) is 22.4 Å². The van der Waals surface area contributed by atoms with Gasteiger partial charge in [-0.15, -0.1) is 0 Å². The van der Waals surface area contributed by atoms with Crippen molar-refractivity contribution in [2.24, 2.45) is 0 Å². The summed E-state index contributed by atoms with van der Waals surface area (Å²) in [4.78, 5) is 29.8. The van der Waals surface area contributed by atoms with Gasteiger partial charge >= 0.3 is 12.1 Å². The number of nitrogens with one attached hydrogen (secondary N) is 2. The van der Waals surface area contributed by atoms with Crippen molar-refractivity contribution in [2.45, 2.75) is 52.1 Å². The molecule has 226 valence electrons. The number of urea groups is 1. The van der Waals surface area contributed by atoms with E-state index in [1.807, 2.05) is 30.0 Å². The highest BCUT2D eigenvalue weighted by molar-refractivity contribution is 5.86. The first-order chi connectivity index (χ1) is 20.5. The van der Waals surface area contributed by atoms with Gasteiger partial charge in [-0.05, 0) is 53.6 Å². The number of nitrogens with zero attached hydrogens (tertiary/aromatic N) is 2. The molecule has 8 nitrogen and oxygen atoms in total. The van der Waals surface area contributed by atoms with Crippen LogP contribution in [-0.4, -0.2) is 74.5 Å². The highest BCUT2D eigenvalue weighted by Crippen LogP contribution is 2.24. The van der Waals surface area contributed by atoms with E-state index in [2.05, 4.69) is 71.0 Å². The number of carbonyl (C=O) groups is 2. The lowest BCUT2D eigenvalue weighted by molar-refractivity contribution is 0.0364. The molecule has 1 aliphatic rings. The molecule has 4 rings (SSSR count). The second-order valence-electron chi connectivity index (χ2n) is 11.0. The van der Waals surface area contributed by atoms with Crippen LogP contribution in [0.4, 0.5) is 9.59 Å². The molecule has 3 amide bonds. The van der Waals surface area contributed by atoms with E-state index in [-0.39, 0.29) is 18.2 Å². The topological polar surface area (TPSA) is 83.1 Å². The Morgan fingerprint density at radius 2 is 1.71 bits per heavy atom. The Bertz CT molecular complexity index is 1250. The van der Waals surface area contributed by atoms with Crippen LogP contribution in [0.5, 0.6) is 0 Å². The molecule has 3 aromatic carbocycles. The van der Waals surface area contributed by atoms with Crippen molar-refractivity contribution in [1.82, 2.24) is 20.4 Å². The average Bonchev–Trinajstić information content (AvgIpc) is 3.01. The van der Waals surface area contributed by atoms with Crippen molar-refractivity contribution in [3.8, 4) is 0 Å². The molecule has 0 aromatic heterocycles. The number of benzene rings is 3. The highest BCUT2D eigenvalue weighted by atomic mass is 16.5. The van der Waals surface area contributed by atoms with Gasteiger partial charge in [-0.3, -0.25) is 4.90 Å². The number of amides is 3. The largest absolute Gasteiger partial charge is 0.450 e. The van der Waals surface area contributed by atoms with E-state index >= 15 is 0 Å². The molecule has 1 unspecified atom stereocenters. The van der Waals surface area contributed by atoms with Gasteiger partial charge in [-0.25, -0.2) is 9.59 Å². The van der Waals surface area contributed by atoms with Crippen molar-refractivity contribution >= 4 is 22.9 Å². The minimum atomic E-state index is -0.364. The van der Waals surface area contributed by atoms with Crippen molar-refractivity contribution in [3.63, 3.8) is 0 Å². The number of alkyl carbamates (subject to hydrolysis) is 1. The molecule has 2 N–H and O–H groups in total. The molecule has 0 bridgehead atoms. The van der Waals surface area contributed by atoms with Crippen molar-refractivity contribution in [1.29, 1.82) is 0 Å². The molecule has 8 heteroatoms. The third kappa shape index (κ3) is 9.74. The van der Waals surface area contributed by atoms with Gasteiger partial charge in [0.25, 0.3) is 0 Å². The average molecular weight is 575 g/mol. The predicted octanol–water partition coefficient (Wildman–Crippen LogP) is 5.90. The van der Waals surface area contributed by atoms with Gasteiger partial charge in [0.1, 0.15) is 0 Å². The molecule has 0 radical (unpaired) electrons. The normalized spacial score (nSPS) is 14.3. The maximum atomic E-state index is 13.6. The molecular weight excluding hydrogens is 528 g/mol. The van der Waals surface area contributed by atoms with Crippen LogP contribution < -0.4 is 10.6 Å². The van der Waals surface area contributed by atoms with Crippen molar-refractivity contribution in [2.75, 3.05) is 52.5 Å². The van der Waals surface area contributed by atoms with Gasteiger partial charge in [0.2, 0.25) is 0 Å². The zero-order valence-corrected chi connectivity index (χ0v) is 25.1. The van der Waals surface area contributed by atoms with Gasteiger partial charge in [-0.1, -0.05) is 80.1 Å². The van der Waals surface area contributed by atoms with Crippen LogP contribution in [0.1, 0.15) is 55.8 Å². The molecule has 0 spiro atoms. The summed E-state index contributed by atoms with van der Waals surface area (Å²) >= 11 is 0. The van der Waals surface area contributed by atoms with E-state index in [0.717, 1.165) is 80.6 Å². The lowest BCUT2D eigenvalue weighted by Gasteiger charge is -2.29. The van der Waals surface area contributed by atoms with Gasteiger partial charge in [0, 0.05) is 39.3 Å². The predicted molar refractivity (Wildman–Crippen MR) is 168 cm³/mol. The lowest BCUT2D eigenvalue weighted by atomic mass is 10.00. The molecule has 1 saturated heterocycles. The van der Waals surface area contributed by atoms with Gasteiger partial charge < -0.3 is 25.0 Å². The van der Waals surface area contributed by atoms with Gasteiger partial charge in [0.15, 0.2) is 0 Å². The van der Waals surface area contributed by atoms with Crippen LogP contribution >= 0.6 is 0 Å². The summed E-state index contributed by atoms with van der Waals surface area (Å²) in [6.45, 7) is 10.6. The number of rotatable bonds is 14. The van der Waals surface area contributed by atoms with Crippen molar-refractivity contribution in [3.05, 3.63) is 83.4 Å². The molecule has 0 saturated carbocycles. The summed E-state index contributed by atoms with van der Waals surface area (Å²) in [5.41, 5.74) is 3.31. The summed E-state index contributed by atoms with van der Waals surface area (Å²) in [6, 6.07) is 22.6. The van der Waals surface area contributed by atoms with Crippen LogP contribution in [0, 0.1) is 0 Å². The zero-order valence-electron chi connectivity index (χ0n) is 25.1. The first kappa shape index (κ1) is 31.3. The summed E-state index contributed by atoms with van der Waals surface area (Å²) < 4.78 is 10.6. The van der Waals surface area contributed by atoms with Crippen LogP contribution in [0.3, 0.4) is 0 Å². The number of carbonyl (C=O) groups excluding carboxylic acids is 2. The van der Waals surface area contributed by atoms with E-state index in [1.165, 1.54) is 5.39 Å². The standard InChI is InChI=1S/C34H46N4O4/c1-3-4-23-42-34(40)35-18-17-28-13-15-29(16-14-28)26-38(20-8-19-37-21-24-41-25-22-37)33(39)36-27(2)31-12-7-10-30-9-5-6-11-32(30)31/h5-7,9-16,27H,3-4,8,17-26H2,1-2H3,(H,35,40)(H,36,39). The van der Waals surface area contributed by atoms with E-state index in [0.29, 0.717) is 26.2 Å². The second-order valence-corrected chi connectivity index (χ2v) is 11.0. The summed E-state index contributed by atoms with van der Waals surface area (Å²) in [5.74, 6) is 0. The third-order valence-electron chi connectivity index (χ3n) is 7.73. The zero-order chi connectivity index (χ0) is 29.6. The van der Waals surface area contributed by atoms with Gasteiger partial charge in [0.05, 0.1) is 25.9 Å². The molecule has 1 atom stereocenters. The smallest absolute Gasteiger partial charge is 0.407 e. The number of fused-ring (bicyclic) bond motifs is 1. The Hall–Kier alpha value is -3.62. The molecule has 42 heavy (non-hydrogen) atoms. The SMILES string of the molecule is CCCCOC(=O)NCCc1ccc(CN(CCCN2CCOCC2)C(=O)NC(C)c2cccc3ccccc23)cc1. The maximum absolute atomic E-state index is 13.6. The minimum absolute atomic E-state index is 0.0627. The Labute approximate surface area is 250 Å². The third-order valence-corrected chi connectivity index (χ3v) is 7.73. The van der Waals surface area contributed by atoms with E-state index in [9.17, 15) is 9.59 Å². The Kier molecular flexibility index (Phi) is 12.5. The molecule has 3 aromatic rings. The Morgan fingerprint density at radius 1 is 0.976 bits per heavy atom. The molecule has 1 aliphatic heterocycles. The number of ether oxygens (including phenoxy) is 2. The Morgan fingerprint density at radius 3 is 2.50 bits per heavy atom. The lowest BCUT2D eigenvalue weighted by Crippen LogP contribution is -2.43.